The molecule has 2 aromatic heterocycles. The predicted octanol–water partition coefficient (Wildman–Crippen LogP) is 5.13. The van der Waals surface area contributed by atoms with Crippen LogP contribution in [0.2, 0.25) is 5.02 Å². The lowest BCUT2D eigenvalue weighted by Crippen LogP contribution is -2.64. The lowest BCUT2D eigenvalue weighted by molar-refractivity contribution is -0.134. The first-order chi connectivity index (χ1) is 16.0. The maximum atomic E-state index is 13.8. The summed E-state index contributed by atoms with van der Waals surface area (Å²) in [7, 11) is 0. The molecule has 1 atom stereocenters. The Labute approximate surface area is 202 Å². The van der Waals surface area contributed by atoms with Crippen LogP contribution < -0.4 is 5.32 Å². The van der Waals surface area contributed by atoms with Crippen LogP contribution in [0.25, 0.3) is 10.6 Å². The number of benzene rings is 1. The molecule has 172 valence electrons. The number of carbonyl (C=O) groups excluding carboxylic acids is 2. The molecular weight excluding hydrogens is 456 g/mol. The molecule has 1 saturated carbocycles. The minimum absolute atomic E-state index is 0.131. The number of halogens is 1. The van der Waals surface area contributed by atoms with Gasteiger partial charge in [0.25, 0.3) is 5.91 Å². The molecule has 2 amide bonds. The number of hydrogen-bond donors (Lipinski definition) is 1. The average molecular weight is 483 g/mol. The van der Waals surface area contributed by atoms with Crippen LogP contribution in [0.15, 0.2) is 47.8 Å². The number of nitrogens with zero attached hydrogens (tertiary/aromatic N) is 3. The van der Waals surface area contributed by atoms with E-state index >= 15 is 0 Å². The van der Waals surface area contributed by atoms with Crippen molar-refractivity contribution in [3.05, 3.63) is 64.1 Å². The zero-order valence-corrected chi connectivity index (χ0v) is 20.2. The molecule has 1 fully saturated rings. The van der Waals surface area contributed by atoms with Crippen molar-refractivity contribution in [3.8, 4) is 10.6 Å². The quantitative estimate of drug-likeness (QED) is 0.548. The fraction of sp³-hybridized carbons (Fsp3) is 0.400. The van der Waals surface area contributed by atoms with Gasteiger partial charge in [0.1, 0.15) is 16.9 Å². The molecular formula is C25H27ClN4O2S. The third kappa shape index (κ3) is 4.20. The van der Waals surface area contributed by atoms with E-state index < -0.39 is 5.54 Å². The van der Waals surface area contributed by atoms with Gasteiger partial charge in [0.15, 0.2) is 0 Å². The van der Waals surface area contributed by atoms with Gasteiger partial charge >= 0.3 is 0 Å². The number of aromatic nitrogens is 2. The van der Waals surface area contributed by atoms with E-state index in [1.165, 1.54) is 6.42 Å². The van der Waals surface area contributed by atoms with Crippen molar-refractivity contribution in [2.45, 2.75) is 63.7 Å². The largest absolute Gasteiger partial charge is 0.351 e. The fourth-order valence-electron chi connectivity index (χ4n) is 4.82. The van der Waals surface area contributed by atoms with Gasteiger partial charge in [-0.05, 0) is 48.9 Å². The molecule has 1 aliphatic carbocycles. The zero-order chi connectivity index (χ0) is 23.0. The molecule has 0 saturated heterocycles. The van der Waals surface area contributed by atoms with E-state index in [2.05, 4.69) is 5.32 Å². The lowest BCUT2D eigenvalue weighted by atomic mass is 9.91. The second-order valence-electron chi connectivity index (χ2n) is 9.11. The van der Waals surface area contributed by atoms with Gasteiger partial charge in [-0.1, -0.05) is 55.1 Å². The van der Waals surface area contributed by atoms with Crippen LogP contribution in [-0.2, 0) is 17.9 Å². The Balaban J connectivity index is 1.52. The first-order valence-electron chi connectivity index (χ1n) is 11.4. The maximum Gasteiger partial charge on any atom is 0.273 e. The summed E-state index contributed by atoms with van der Waals surface area (Å²) in [5.74, 6) is -0.341. The number of fused-ring (bicyclic) bond motifs is 1. The minimum Gasteiger partial charge on any atom is -0.351 e. The molecule has 1 aromatic carbocycles. The number of rotatable bonds is 5. The molecule has 2 aliphatic rings. The summed E-state index contributed by atoms with van der Waals surface area (Å²) in [6, 6.07) is 13.4. The van der Waals surface area contributed by atoms with E-state index in [0.717, 1.165) is 41.8 Å². The van der Waals surface area contributed by atoms with Crippen molar-refractivity contribution in [2.24, 2.45) is 0 Å². The molecule has 1 unspecified atom stereocenters. The Morgan fingerprint density at radius 2 is 2.00 bits per heavy atom. The molecule has 0 spiro atoms. The van der Waals surface area contributed by atoms with Crippen molar-refractivity contribution in [2.75, 3.05) is 0 Å². The van der Waals surface area contributed by atoms with Crippen LogP contribution in [0.4, 0.5) is 0 Å². The van der Waals surface area contributed by atoms with Crippen LogP contribution in [0, 0.1) is 0 Å². The zero-order valence-electron chi connectivity index (χ0n) is 18.6. The predicted molar refractivity (Wildman–Crippen MR) is 130 cm³/mol. The smallest absolute Gasteiger partial charge is 0.273 e. The van der Waals surface area contributed by atoms with Gasteiger partial charge < -0.3 is 10.2 Å². The molecule has 33 heavy (non-hydrogen) atoms. The third-order valence-corrected chi connectivity index (χ3v) is 8.05. The van der Waals surface area contributed by atoms with Crippen molar-refractivity contribution < 1.29 is 9.59 Å². The van der Waals surface area contributed by atoms with Crippen LogP contribution in [-0.4, -0.2) is 38.1 Å². The molecule has 3 heterocycles. The number of amides is 2. The number of carbonyl (C=O) groups is 2. The summed E-state index contributed by atoms with van der Waals surface area (Å²) < 4.78 is 1.70. The van der Waals surface area contributed by atoms with Crippen molar-refractivity contribution in [1.82, 2.24) is 20.0 Å². The molecule has 1 N–H and O–H groups in total. The topological polar surface area (TPSA) is 67.2 Å². The number of hydrogen-bond acceptors (Lipinski definition) is 4. The van der Waals surface area contributed by atoms with E-state index in [4.69, 9.17) is 16.7 Å². The summed E-state index contributed by atoms with van der Waals surface area (Å²) in [5.41, 5.74) is 0.978. The average Bonchev–Trinajstić information content (AvgIpc) is 3.48. The van der Waals surface area contributed by atoms with E-state index in [0.29, 0.717) is 17.3 Å². The minimum atomic E-state index is -1.08. The molecule has 0 radical (unpaired) electrons. The summed E-state index contributed by atoms with van der Waals surface area (Å²) >= 11 is 8.01. The van der Waals surface area contributed by atoms with E-state index in [1.807, 2.05) is 54.8 Å². The summed E-state index contributed by atoms with van der Waals surface area (Å²) in [6.07, 6.45) is 5.42. The normalized spacial score (nSPS) is 21.2. The van der Waals surface area contributed by atoms with Crippen molar-refractivity contribution in [3.63, 3.8) is 0 Å². The highest BCUT2D eigenvalue weighted by molar-refractivity contribution is 7.13. The second-order valence-corrected chi connectivity index (χ2v) is 10.5. The highest BCUT2D eigenvalue weighted by atomic mass is 35.5. The molecule has 1 aliphatic heterocycles. The van der Waals surface area contributed by atoms with Gasteiger partial charge in [-0.25, -0.2) is 0 Å². The lowest BCUT2D eigenvalue weighted by Gasteiger charge is -2.44. The third-order valence-electron chi connectivity index (χ3n) is 6.79. The summed E-state index contributed by atoms with van der Waals surface area (Å²) in [4.78, 5) is 30.1. The number of nitrogens with one attached hydrogen (secondary N) is 1. The Hall–Kier alpha value is -2.64. The van der Waals surface area contributed by atoms with Crippen LogP contribution in [0.5, 0.6) is 0 Å². The summed E-state index contributed by atoms with van der Waals surface area (Å²) in [5, 5.41) is 10.5. The van der Waals surface area contributed by atoms with Crippen LogP contribution >= 0.6 is 22.9 Å². The Morgan fingerprint density at radius 1 is 1.21 bits per heavy atom. The SMILES string of the molecule is CC1(C(=O)NC2CCCCC2)Cn2nc(-c3cccs3)cc2C(=O)N1Cc1ccccc1Cl. The van der Waals surface area contributed by atoms with Gasteiger partial charge in [0, 0.05) is 17.6 Å². The first kappa shape index (κ1) is 22.2. The monoisotopic (exact) mass is 482 g/mol. The molecule has 8 heteroatoms. The van der Waals surface area contributed by atoms with Gasteiger partial charge in [-0.2, -0.15) is 5.10 Å². The van der Waals surface area contributed by atoms with E-state index in [-0.39, 0.29) is 24.4 Å². The van der Waals surface area contributed by atoms with Crippen LogP contribution in [0.3, 0.4) is 0 Å². The maximum absolute atomic E-state index is 13.8. The second kappa shape index (κ2) is 8.95. The standard InChI is InChI=1S/C25H27ClN4O2S/c1-25(24(32)27-18-9-3-2-4-10-18)16-30-21(14-20(28-30)22-12-7-13-33-22)23(31)29(25)15-17-8-5-6-11-19(17)26/h5-8,11-14,18H,2-4,9-10,15-16H2,1H3,(H,27,32). The Kier molecular flexibility index (Phi) is 6.01. The van der Waals surface area contributed by atoms with Gasteiger partial charge in [-0.15, -0.1) is 11.3 Å². The van der Waals surface area contributed by atoms with Crippen molar-refractivity contribution >= 4 is 34.8 Å². The molecule has 6 nitrogen and oxygen atoms in total. The Bertz CT molecular complexity index is 1170. The van der Waals surface area contributed by atoms with Gasteiger partial charge in [0.2, 0.25) is 5.91 Å². The van der Waals surface area contributed by atoms with E-state index in [9.17, 15) is 9.59 Å². The van der Waals surface area contributed by atoms with Crippen molar-refractivity contribution in [1.29, 1.82) is 0 Å². The highest BCUT2D eigenvalue weighted by Crippen LogP contribution is 2.34. The van der Waals surface area contributed by atoms with E-state index in [1.54, 1.807) is 20.9 Å². The molecule has 0 bridgehead atoms. The summed E-state index contributed by atoms with van der Waals surface area (Å²) in [6.45, 7) is 2.39. The first-order valence-corrected chi connectivity index (χ1v) is 12.7. The fourth-order valence-corrected chi connectivity index (χ4v) is 5.70. The highest BCUT2D eigenvalue weighted by Gasteiger charge is 2.48. The molecule has 3 aromatic rings. The van der Waals surface area contributed by atoms with Gasteiger partial charge in [-0.3, -0.25) is 14.3 Å². The Morgan fingerprint density at radius 3 is 2.73 bits per heavy atom. The van der Waals surface area contributed by atoms with Crippen LogP contribution in [0.1, 0.15) is 55.1 Å². The number of thiophene rings is 1. The molecule has 5 rings (SSSR count). The van der Waals surface area contributed by atoms with Gasteiger partial charge in [0.05, 0.1) is 11.4 Å².